The van der Waals surface area contributed by atoms with Crippen molar-refractivity contribution in [1.82, 2.24) is 9.97 Å². The Bertz CT molecular complexity index is 1020. The Morgan fingerprint density at radius 1 is 1.17 bits per heavy atom. The van der Waals surface area contributed by atoms with Crippen LogP contribution in [0, 0.1) is 0 Å². The number of hydrogen-bond acceptors (Lipinski definition) is 3. The molecular weight excluding hydrogens is 302 g/mol. The summed E-state index contributed by atoms with van der Waals surface area (Å²) in [7, 11) is 0. The Balaban J connectivity index is 1.86. The lowest BCUT2D eigenvalue weighted by Gasteiger charge is -2.10. The average molecular weight is 317 g/mol. The van der Waals surface area contributed by atoms with Crippen molar-refractivity contribution in [1.29, 1.82) is 0 Å². The summed E-state index contributed by atoms with van der Waals surface area (Å²) in [4.78, 5) is 19.3. The number of rotatable bonds is 4. The molecule has 118 valence electrons. The molecule has 5 nitrogen and oxygen atoms in total. The fraction of sp³-hybridized carbons (Fsp3) is 0.0526. The lowest BCUT2D eigenvalue weighted by molar-refractivity contribution is 0.100. The SMILES string of the molecule is NC(=O)c1ccc2[nH]cnc2c1-c1cccc(Cc2ccoc2)c1. The van der Waals surface area contributed by atoms with Gasteiger partial charge in [0.25, 0.3) is 0 Å². The lowest BCUT2D eigenvalue weighted by atomic mass is 9.95. The first-order chi connectivity index (χ1) is 11.7. The lowest BCUT2D eigenvalue weighted by Crippen LogP contribution is -2.12. The highest BCUT2D eigenvalue weighted by atomic mass is 16.3. The Labute approximate surface area is 138 Å². The molecule has 0 aliphatic rings. The standard InChI is InChI=1S/C19H15N3O2/c20-19(23)15-4-5-16-18(22-11-21-16)17(15)14-3-1-2-12(9-14)8-13-6-7-24-10-13/h1-7,9-11H,8H2,(H2,20,23)(H,21,22). The fourth-order valence-corrected chi connectivity index (χ4v) is 2.97. The minimum absolute atomic E-state index is 0.463. The molecule has 0 unspecified atom stereocenters. The number of aromatic nitrogens is 2. The van der Waals surface area contributed by atoms with Crippen LogP contribution < -0.4 is 5.73 Å². The third-order valence-corrected chi connectivity index (χ3v) is 4.06. The van der Waals surface area contributed by atoms with Crippen molar-refractivity contribution in [2.24, 2.45) is 5.73 Å². The summed E-state index contributed by atoms with van der Waals surface area (Å²) in [5.74, 6) is -0.463. The van der Waals surface area contributed by atoms with E-state index in [2.05, 4.69) is 16.0 Å². The summed E-state index contributed by atoms with van der Waals surface area (Å²) >= 11 is 0. The predicted molar refractivity (Wildman–Crippen MR) is 91.6 cm³/mol. The van der Waals surface area contributed by atoms with E-state index in [1.165, 1.54) is 0 Å². The van der Waals surface area contributed by atoms with Crippen molar-refractivity contribution in [3.8, 4) is 11.1 Å². The zero-order valence-electron chi connectivity index (χ0n) is 12.8. The number of fused-ring (bicyclic) bond motifs is 1. The number of imidazole rings is 1. The zero-order valence-corrected chi connectivity index (χ0v) is 12.8. The quantitative estimate of drug-likeness (QED) is 0.604. The van der Waals surface area contributed by atoms with Gasteiger partial charge in [-0.1, -0.05) is 24.3 Å². The van der Waals surface area contributed by atoms with Crippen LogP contribution in [0.15, 0.2) is 65.7 Å². The first-order valence-electron chi connectivity index (χ1n) is 7.58. The molecular formula is C19H15N3O2. The van der Waals surface area contributed by atoms with Crippen molar-refractivity contribution < 1.29 is 9.21 Å². The van der Waals surface area contributed by atoms with Gasteiger partial charge in [0, 0.05) is 17.5 Å². The third kappa shape index (κ3) is 2.46. The van der Waals surface area contributed by atoms with Crippen LogP contribution in [0.5, 0.6) is 0 Å². The first kappa shape index (κ1) is 14.3. The second-order valence-electron chi connectivity index (χ2n) is 5.66. The van der Waals surface area contributed by atoms with Crippen LogP contribution in [0.4, 0.5) is 0 Å². The molecule has 2 aromatic heterocycles. The molecule has 1 amide bonds. The van der Waals surface area contributed by atoms with Gasteiger partial charge in [-0.2, -0.15) is 0 Å². The molecule has 0 bridgehead atoms. The van der Waals surface area contributed by atoms with E-state index in [9.17, 15) is 4.79 Å². The second kappa shape index (κ2) is 5.70. The maximum atomic E-state index is 11.9. The summed E-state index contributed by atoms with van der Waals surface area (Å²) in [6.07, 6.45) is 5.77. The van der Waals surface area contributed by atoms with Gasteiger partial charge in [-0.15, -0.1) is 0 Å². The van der Waals surface area contributed by atoms with Crippen molar-refractivity contribution in [3.05, 3.63) is 78.0 Å². The normalized spacial score (nSPS) is 11.0. The van der Waals surface area contributed by atoms with Gasteiger partial charge in [0.1, 0.15) is 0 Å². The van der Waals surface area contributed by atoms with E-state index in [4.69, 9.17) is 10.2 Å². The van der Waals surface area contributed by atoms with E-state index < -0.39 is 5.91 Å². The number of primary amides is 1. The summed E-state index contributed by atoms with van der Waals surface area (Å²) in [5, 5.41) is 0. The van der Waals surface area contributed by atoms with E-state index in [1.54, 1.807) is 24.9 Å². The minimum atomic E-state index is -0.463. The molecule has 0 saturated heterocycles. The van der Waals surface area contributed by atoms with Crippen molar-refractivity contribution in [2.75, 3.05) is 0 Å². The number of nitrogens with zero attached hydrogens (tertiary/aromatic N) is 1. The van der Waals surface area contributed by atoms with E-state index in [0.717, 1.165) is 39.7 Å². The van der Waals surface area contributed by atoms with Crippen molar-refractivity contribution in [2.45, 2.75) is 6.42 Å². The molecule has 0 atom stereocenters. The van der Waals surface area contributed by atoms with Gasteiger partial charge >= 0.3 is 0 Å². The number of amides is 1. The highest BCUT2D eigenvalue weighted by Gasteiger charge is 2.16. The number of furan rings is 1. The van der Waals surface area contributed by atoms with Crippen molar-refractivity contribution >= 4 is 16.9 Å². The van der Waals surface area contributed by atoms with Crippen LogP contribution in [0.25, 0.3) is 22.2 Å². The number of aromatic amines is 1. The van der Waals surface area contributed by atoms with Gasteiger partial charge in [-0.25, -0.2) is 4.98 Å². The van der Waals surface area contributed by atoms with E-state index in [1.807, 2.05) is 30.3 Å². The zero-order chi connectivity index (χ0) is 16.5. The van der Waals surface area contributed by atoms with Gasteiger partial charge in [-0.05, 0) is 34.9 Å². The molecule has 0 aliphatic heterocycles. The molecule has 0 saturated carbocycles. The van der Waals surface area contributed by atoms with Crippen molar-refractivity contribution in [3.63, 3.8) is 0 Å². The maximum absolute atomic E-state index is 11.9. The first-order valence-corrected chi connectivity index (χ1v) is 7.58. The summed E-state index contributed by atoms with van der Waals surface area (Å²) in [6.45, 7) is 0. The monoisotopic (exact) mass is 317 g/mol. The number of carbonyl (C=O) groups is 1. The Morgan fingerprint density at radius 3 is 2.88 bits per heavy atom. The molecule has 2 aromatic carbocycles. The molecule has 4 rings (SSSR count). The molecule has 0 spiro atoms. The Morgan fingerprint density at radius 2 is 2.08 bits per heavy atom. The average Bonchev–Trinajstić information content (AvgIpc) is 3.25. The number of hydrogen-bond donors (Lipinski definition) is 2. The molecule has 5 heteroatoms. The van der Waals surface area contributed by atoms with Gasteiger partial charge in [0.05, 0.1) is 29.9 Å². The number of nitrogens with two attached hydrogens (primary N) is 1. The molecule has 3 N–H and O–H groups in total. The molecule has 0 aliphatic carbocycles. The smallest absolute Gasteiger partial charge is 0.249 e. The highest BCUT2D eigenvalue weighted by molar-refractivity contribution is 6.07. The Kier molecular flexibility index (Phi) is 3.39. The van der Waals surface area contributed by atoms with Gasteiger partial charge < -0.3 is 15.1 Å². The molecule has 4 aromatic rings. The van der Waals surface area contributed by atoms with E-state index >= 15 is 0 Å². The topological polar surface area (TPSA) is 84.9 Å². The molecule has 2 heterocycles. The van der Waals surface area contributed by atoms with Crippen LogP contribution in [0.3, 0.4) is 0 Å². The van der Waals surface area contributed by atoms with Crippen LogP contribution in [0.1, 0.15) is 21.5 Å². The predicted octanol–water partition coefficient (Wildman–Crippen LogP) is 3.51. The molecule has 0 fully saturated rings. The molecule has 0 radical (unpaired) electrons. The van der Waals surface area contributed by atoms with Crippen LogP contribution in [-0.2, 0) is 6.42 Å². The van der Waals surface area contributed by atoms with Gasteiger partial charge in [0.15, 0.2) is 0 Å². The molecule has 24 heavy (non-hydrogen) atoms. The van der Waals surface area contributed by atoms with Crippen LogP contribution in [-0.4, -0.2) is 15.9 Å². The second-order valence-corrected chi connectivity index (χ2v) is 5.66. The number of benzene rings is 2. The van der Waals surface area contributed by atoms with Gasteiger partial charge in [0.2, 0.25) is 5.91 Å². The summed E-state index contributed by atoms with van der Waals surface area (Å²) < 4.78 is 5.12. The van der Waals surface area contributed by atoms with E-state index in [0.29, 0.717) is 5.56 Å². The maximum Gasteiger partial charge on any atom is 0.249 e. The van der Waals surface area contributed by atoms with Crippen LogP contribution in [0.2, 0.25) is 0 Å². The fourth-order valence-electron chi connectivity index (χ4n) is 2.97. The third-order valence-electron chi connectivity index (χ3n) is 4.06. The van der Waals surface area contributed by atoms with Crippen LogP contribution >= 0.6 is 0 Å². The summed E-state index contributed by atoms with van der Waals surface area (Å²) in [6, 6.07) is 13.5. The number of nitrogens with one attached hydrogen (secondary N) is 1. The number of carbonyl (C=O) groups excluding carboxylic acids is 1. The summed E-state index contributed by atoms with van der Waals surface area (Å²) in [5.41, 5.74) is 11.5. The van der Waals surface area contributed by atoms with Gasteiger partial charge in [-0.3, -0.25) is 4.79 Å². The highest BCUT2D eigenvalue weighted by Crippen LogP contribution is 2.31. The van der Waals surface area contributed by atoms with E-state index in [-0.39, 0.29) is 0 Å². The Hall–Kier alpha value is -3.34. The largest absolute Gasteiger partial charge is 0.472 e. The number of H-pyrrole nitrogens is 1. The minimum Gasteiger partial charge on any atom is -0.472 e.